The molecule has 1 aromatic carbocycles. The van der Waals surface area contributed by atoms with Crippen LogP contribution in [0.2, 0.25) is 0 Å². The van der Waals surface area contributed by atoms with E-state index in [1.165, 1.54) is 11.0 Å². The minimum Gasteiger partial charge on any atom is -0.391 e. The standard InChI is InChI=1S/C13H16FNO2/c1-9-4-2-6-11(12(9)14)13(17)15-7-3-5-10(16)8-15/h2,4,6,10,16H,3,5,7-8H2,1H3/t10-/m0/s1. The molecular weight excluding hydrogens is 221 g/mol. The van der Waals surface area contributed by atoms with Crippen molar-refractivity contribution in [3.05, 3.63) is 35.1 Å². The summed E-state index contributed by atoms with van der Waals surface area (Å²) < 4.78 is 13.8. The van der Waals surface area contributed by atoms with Crippen molar-refractivity contribution < 1.29 is 14.3 Å². The van der Waals surface area contributed by atoms with Gasteiger partial charge in [0.05, 0.1) is 11.7 Å². The van der Waals surface area contributed by atoms with Crippen LogP contribution in [0.25, 0.3) is 0 Å². The van der Waals surface area contributed by atoms with E-state index < -0.39 is 11.9 Å². The van der Waals surface area contributed by atoms with E-state index in [9.17, 15) is 14.3 Å². The molecule has 3 nitrogen and oxygen atoms in total. The Morgan fingerprint density at radius 1 is 1.53 bits per heavy atom. The molecule has 1 aromatic rings. The molecule has 0 unspecified atom stereocenters. The van der Waals surface area contributed by atoms with E-state index in [-0.39, 0.29) is 11.5 Å². The number of halogens is 1. The first-order valence-electron chi connectivity index (χ1n) is 5.82. The van der Waals surface area contributed by atoms with Crippen molar-refractivity contribution in [3.8, 4) is 0 Å². The van der Waals surface area contributed by atoms with Crippen molar-refractivity contribution in [3.63, 3.8) is 0 Å². The van der Waals surface area contributed by atoms with Crippen LogP contribution in [0, 0.1) is 12.7 Å². The van der Waals surface area contributed by atoms with Crippen LogP contribution in [-0.2, 0) is 0 Å². The predicted molar refractivity (Wildman–Crippen MR) is 62.3 cm³/mol. The van der Waals surface area contributed by atoms with Gasteiger partial charge in [-0.1, -0.05) is 12.1 Å². The molecule has 92 valence electrons. The summed E-state index contributed by atoms with van der Waals surface area (Å²) in [6, 6.07) is 4.80. The molecule has 1 aliphatic heterocycles. The molecule has 1 amide bonds. The second-order valence-corrected chi connectivity index (χ2v) is 4.48. The van der Waals surface area contributed by atoms with Gasteiger partial charge in [0.15, 0.2) is 0 Å². The topological polar surface area (TPSA) is 40.5 Å². The molecule has 17 heavy (non-hydrogen) atoms. The highest BCUT2D eigenvalue weighted by atomic mass is 19.1. The van der Waals surface area contributed by atoms with Crippen LogP contribution in [0.3, 0.4) is 0 Å². The number of aliphatic hydroxyl groups is 1. The molecule has 0 radical (unpaired) electrons. The number of piperidine rings is 1. The number of aryl methyl sites for hydroxylation is 1. The molecule has 2 rings (SSSR count). The lowest BCUT2D eigenvalue weighted by molar-refractivity contribution is 0.0470. The molecule has 1 aliphatic rings. The summed E-state index contributed by atoms with van der Waals surface area (Å²) in [5, 5.41) is 9.51. The van der Waals surface area contributed by atoms with Gasteiger partial charge in [-0.15, -0.1) is 0 Å². The van der Waals surface area contributed by atoms with Gasteiger partial charge in [-0.3, -0.25) is 4.79 Å². The monoisotopic (exact) mass is 237 g/mol. The minimum absolute atomic E-state index is 0.0964. The molecule has 0 spiro atoms. The van der Waals surface area contributed by atoms with E-state index in [1.54, 1.807) is 19.1 Å². The van der Waals surface area contributed by atoms with Crippen molar-refractivity contribution >= 4 is 5.91 Å². The molecule has 1 fully saturated rings. The number of carbonyl (C=O) groups is 1. The maximum atomic E-state index is 13.8. The zero-order valence-electron chi connectivity index (χ0n) is 9.82. The van der Waals surface area contributed by atoms with Crippen LogP contribution in [-0.4, -0.2) is 35.1 Å². The van der Waals surface area contributed by atoms with Crippen LogP contribution in [0.4, 0.5) is 4.39 Å². The van der Waals surface area contributed by atoms with Crippen molar-refractivity contribution in [2.75, 3.05) is 13.1 Å². The molecule has 0 aliphatic carbocycles. The Morgan fingerprint density at radius 2 is 2.29 bits per heavy atom. The maximum absolute atomic E-state index is 13.8. The fourth-order valence-corrected chi connectivity index (χ4v) is 2.12. The molecule has 1 heterocycles. The number of benzene rings is 1. The van der Waals surface area contributed by atoms with Gasteiger partial charge < -0.3 is 10.0 Å². The Kier molecular flexibility index (Phi) is 3.43. The summed E-state index contributed by atoms with van der Waals surface area (Å²) in [4.78, 5) is 13.6. The fourth-order valence-electron chi connectivity index (χ4n) is 2.12. The Labute approximate surface area is 99.9 Å². The summed E-state index contributed by atoms with van der Waals surface area (Å²) in [5.74, 6) is -0.789. The Hall–Kier alpha value is -1.42. The number of amides is 1. The first-order valence-corrected chi connectivity index (χ1v) is 5.82. The van der Waals surface area contributed by atoms with Gasteiger partial charge in [0, 0.05) is 13.1 Å². The molecule has 1 N–H and O–H groups in total. The number of carbonyl (C=O) groups excluding carboxylic acids is 1. The summed E-state index contributed by atoms with van der Waals surface area (Å²) in [6.45, 7) is 2.52. The number of hydrogen-bond acceptors (Lipinski definition) is 2. The predicted octanol–water partition coefficient (Wildman–Crippen LogP) is 1.73. The molecule has 0 aromatic heterocycles. The zero-order chi connectivity index (χ0) is 12.4. The summed E-state index contributed by atoms with van der Waals surface area (Å²) in [7, 11) is 0. The number of likely N-dealkylation sites (tertiary alicyclic amines) is 1. The highest BCUT2D eigenvalue weighted by Crippen LogP contribution is 2.17. The van der Waals surface area contributed by atoms with Crippen molar-refractivity contribution in [2.24, 2.45) is 0 Å². The van der Waals surface area contributed by atoms with Gasteiger partial charge >= 0.3 is 0 Å². The van der Waals surface area contributed by atoms with Crippen LogP contribution < -0.4 is 0 Å². The quantitative estimate of drug-likeness (QED) is 0.808. The number of hydrogen-bond donors (Lipinski definition) is 1. The number of rotatable bonds is 1. The molecular formula is C13H16FNO2. The number of nitrogens with zero attached hydrogens (tertiary/aromatic N) is 1. The van der Waals surface area contributed by atoms with Crippen molar-refractivity contribution in [1.29, 1.82) is 0 Å². The average molecular weight is 237 g/mol. The van der Waals surface area contributed by atoms with E-state index in [0.717, 1.165) is 6.42 Å². The Morgan fingerprint density at radius 3 is 3.00 bits per heavy atom. The molecule has 4 heteroatoms. The van der Waals surface area contributed by atoms with Gasteiger partial charge in [-0.25, -0.2) is 4.39 Å². The Bertz CT molecular complexity index is 433. The number of β-amino-alcohol motifs (C(OH)–C–C–N with tert-alkyl or cyclic N) is 1. The molecule has 1 atom stereocenters. The first kappa shape index (κ1) is 12.0. The van der Waals surface area contributed by atoms with E-state index in [2.05, 4.69) is 0 Å². The largest absolute Gasteiger partial charge is 0.391 e. The highest BCUT2D eigenvalue weighted by molar-refractivity contribution is 5.94. The lowest BCUT2D eigenvalue weighted by atomic mass is 10.1. The summed E-state index contributed by atoms with van der Waals surface area (Å²) in [5.41, 5.74) is 0.563. The van der Waals surface area contributed by atoms with Gasteiger partial charge in [0.2, 0.25) is 0 Å². The third kappa shape index (κ3) is 2.47. The second kappa shape index (κ2) is 4.84. The second-order valence-electron chi connectivity index (χ2n) is 4.48. The van der Waals surface area contributed by atoms with Gasteiger partial charge in [-0.2, -0.15) is 0 Å². The SMILES string of the molecule is Cc1cccc(C(=O)N2CCC[C@H](O)C2)c1F. The maximum Gasteiger partial charge on any atom is 0.256 e. The van der Waals surface area contributed by atoms with E-state index in [4.69, 9.17) is 0 Å². The van der Waals surface area contributed by atoms with Gasteiger partial charge in [-0.05, 0) is 31.4 Å². The molecule has 0 bridgehead atoms. The van der Waals surface area contributed by atoms with Crippen LogP contribution in [0.15, 0.2) is 18.2 Å². The third-order valence-electron chi connectivity index (χ3n) is 3.11. The van der Waals surface area contributed by atoms with Crippen molar-refractivity contribution in [2.45, 2.75) is 25.9 Å². The third-order valence-corrected chi connectivity index (χ3v) is 3.11. The average Bonchev–Trinajstić information content (AvgIpc) is 2.32. The van der Waals surface area contributed by atoms with Crippen LogP contribution in [0.5, 0.6) is 0 Å². The highest BCUT2D eigenvalue weighted by Gasteiger charge is 2.25. The molecule has 1 saturated heterocycles. The van der Waals surface area contributed by atoms with Crippen LogP contribution >= 0.6 is 0 Å². The lowest BCUT2D eigenvalue weighted by Crippen LogP contribution is -2.42. The van der Waals surface area contributed by atoms with E-state index >= 15 is 0 Å². The smallest absolute Gasteiger partial charge is 0.256 e. The van der Waals surface area contributed by atoms with Gasteiger partial charge in [0.25, 0.3) is 5.91 Å². The lowest BCUT2D eigenvalue weighted by Gasteiger charge is -2.30. The van der Waals surface area contributed by atoms with Crippen molar-refractivity contribution in [1.82, 2.24) is 4.90 Å². The van der Waals surface area contributed by atoms with E-state index in [0.29, 0.717) is 25.1 Å². The summed E-state index contributed by atoms with van der Waals surface area (Å²) >= 11 is 0. The minimum atomic E-state index is -0.486. The number of aliphatic hydroxyl groups excluding tert-OH is 1. The normalized spacial score (nSPS) is 20.4. The first-order chi connectivity index (χ1) is 8.09. The summed E-state index contributed by atoms with van der Waals surface area (Å²) in [6.07, 6.45) is 0.987. The van der Waals surface area contributed by atoms with Crippen LogP contribution in [0.1, 0.15) is 28.8 Å². The fraction of sp³-hybridized carbons (Fsp3) is 0.462. The zero-order valence-corrected chi connectivity index (χ0v) is 9.82. The Balaban J connectivity index is 2.22. The molecule has 0 saturated carbocycles. The van der Waals surface area contributed by atoms with E-state index in [1.807, 2.05) is 0 Å². The van der Waals surface area contributed by atoms with Gasteiger partial charge in [0.1, 0.15) is 5.82 Å².